The minimum absolute atomic E-state index is 0.0244. The van der Waals surface area contributed by atoms with Crippen molar-refractivity contribution in [1.82, 2.24) is 9.80 Å². The van der Waals surface area contributed by atoms with Crippen molar-refractivity contribution in [1.29, 1.82) is 0 Å². The molecular weight excluding hydrogens is 426 g/mol. The van der Waals surface area contributed by atoms with Gasteiger partial charge in [-0.15, -0.1) is 0 Å². The molecule has 0 spiro atoms. The Morgan fingerprint density at radius 2 is 1.61 bits per heavy atom. The molecule has 0 atom stereocenters. The minimum Gasteiger partial charge on any atom is -0.490 e. The summed E-state index contributed by atoms with van der Waals surface area (Å²) < 4.78 is 11.2. The lowest BCUT2D eigenvalue weighted by molar-refractivity contribution is -0.124. The number of carbonyl (C=O) groups excluding carboxylic acids is 2. The number of hydrogen-bond donors (Lipinski definition) is 2. The fraction of sp³-hybridized carbons (Fsp3) is 0.375. The van der Waals surface area contributed by atoms with E-state index in [2.05, 4.69) is 5.32 Å². The smallest absolute Gasteiger partial charge is 0.410 e. The molecule has 0 aromatic heterocycles. The topological polar surface area (TPSA) is 108 Å². The zero-order valence-corrected chi connectivity index (χ0v) is 18.2. The van der Waals surface area contributed by atoms with E-state index in [4.69, 9.17) is 14.6 Å². The molecule has 0 unspecified atom stereocenters. The summed E-state index contributed by atoms with van der Waals surface area (Å²) in [4.78, 5) is 38.4. The first-order chi connectivity index (χ1) is 16.0. The number of nitrogens with one attached hydrogen (secondary N) is 1. The summed E-state index contributed by atoms with van der Waals surface area (Å²) in [5, 5.41) is 11.9. The van der Waals surface area contributed by atoms with Crippen LogP contribution in [0.5, 0.6) is 5.75 Å². The van der Waals surface area contributed by atoms with Gasteiger partial charge in [-0.05, 0) is 29.8 Å². The van der Waals surface area contributed by atoms with Crippen LogP contribution in [0.25, 0.3) is 0 Å². The summed E-state index contributed by atoms with van der Waals surface area (Å²) >= 11 is 0. The lowest BCUT2D eigenvalue weighted by Gasteiger charge is -2.37. The Morgan fingerprint density at radius 3 is 2.24 bits per heavy atom. The first kappa shape index (κ1) is 22.4. The Bertz CT molecular complexity index is 967. The molecule has 2 N–H and O–H groups in total. The highest BCUT2D eigenvalue weighted by Gasteiger charge is 2.36. The summed E-state index contributed by atoms with van der Waals surface area (Å²) in [6.07, 6.45) is -0.0394. The highest BCUT2D eigenvalue weighted by atomic mass is 16.6. The van der Waals surface area contributed by atoms with Crippen LogP contribution >= 0.6 is 0 Å². The van der Waals surface area contributed by atoms with Crippen molar-refractivity contribution >= 4 is 23.8 Å². The second-order valence-corrected chi connectivity index (χ2v) is 8.24. The normalized spacial score (nSPS) is 16.6. The molecule has 0 radical (unpaired) electrons. The second kappa shape index (κ2) is 10.2. The van der Waals surface area contributed by atoms with Crippen LogP contribution in [0.15, 0.2) is 54.6 Å². The van der Waals surface area contributed by atoms with Crippen LogP contribution in [-0.2, 0) is 16.1 Å². The van der Waals surface area contributed by atoms with E-state index in [1.165, 1.54) is 9.80 Å². The fourth-order valence-electron chi connectivity index (χ4n) is 3.82. The zero-order chi connectivity index (χ0) is 23.2. The van der Waals surface area contributed by atoms with Gasteiger partial charge < -0.3 is 29.7 Å². The summed E-state index contributed by atoms with van der Waals surface area (Å²) in [6.45, 7) is 1.80. The third kappa shape index (κ3) is 5.94. The highest BCUT2D eigenvalue weighted by molar-refractivity contribution is 5.94. The zero-order valence-electron chi connectivity index (χ0n) is 18.2. The van der Waals surface area contributed by atoms with Gasteiger partial charge >= 0.3 is 12.2 Å². The molecule has 9 heteroatoms. The maximum absolute atomic E-state index is 12.5. The van der Waals surface area contributed by atoms with Gasteiger partial charge in [0.15, 0.2) is 0 Å². The number of amides is 3. The first-order valence-electron chi connectivity index (χ1n) is 11.0. The molecule has 2 aliphatic heterocycles. The van der Waals surface area contributed by atoms with Crippen molar-refractivity contribution in [3.8, 4) is 5.75 Å². The van der Waals surface area contributed by atoms with Gasteiger partial charge in [-0.3, -0.25) is 4.79 Å². The number of benzene rings is 2. The molecule has 2 fully saturated rings. The number of piperidine rings is 1. The predicted octanol–water partition coefficient (Wildman–Crippen LogP) is 3.41. The van der Waals surface area contributed by atoms with Gasteiger partial charge in [0.05, 0.1) is 5.92 Å². The second-order valence-electron chi connectivity index (χ2n) is 8.24. The third-order valence-corrected chi connectivity index (χ3v) is 5.85. The molecule has 0 bridgehead atoms. The number of hydrogen-bond acceptors (Lipinski definition) is 5. The van der Waals surface area contributed by atoms with E-state index in [1.807, 2.05) is 30.3 Å². The van der Waals surface area contributed by atoms with Gasteiger partial charge in [-0.2, -0.15) is 0 Å². The number of likely N-dealkylation sites (tertiary alicyclic amines) is 2. The lowest BCUT2D eigenvalue weighted by atomic mass is 10.00. The maximum Gasteiger partial charge on any atom is 0.410 e. The van der Waals surface area contributed by atoms with Crippen LogP contribution in [0.4, 0.5) is 15.3 Å². The summed E-state index contributed by atoms with van der Waals surface area (Å²) in [5.74, 6) is 0.263. The number of rotatable bonds is 6. The average Bonchev–Trinajstić information content (AvgIpc) is 2.79. The van der Waals surface area contributed by atoms with Crippen molar-refractivity contribution < 1.29 is 29.0 Å². The van der Waals surface area contributed by atoms with Gasteiger partial charge in [-0.25, -0.2) is 9.59 Å². The summed E-state index contributed by atoms with van der Waals surface area (Å²) in [5.41, 5.74) is 1.57. The van der Waals surface area contributed by atoms with Crippen molar-refractivity contribution in [3.05, 3.63) is 60.2 Å². The molecule has 174 valence electrons. The number of carboxylic acid groups (broad SMARTS) is 1. The molecule has 2 saturated heterocycles. The molecule has 4 rings (SSSR count). The molecule has 2 aromatic rings. The molecule has 9 nitrogen and oxygen atoms in total. The molecule has 3 amide bonds. The van der Waals surface area contributed by atoms with Crippen LogP contribution in [0.2, 0.25) is 0 Å². The predicted molar refractivity (Wildman–Crippen MR) is 120 cm³/mol. The van der Waals surface area contributed by atoms with Gasteiger partial charge in [0.1, 0.15) is 18.5 Å². The van der Waals surface area contributed by atoms with Crippen molar-refractivity contribution in [2.45, 2.75) is 25.6 Å². The van der Waals surface area contributed by atoms with E-state index in [1.54, 1.807) is 24.3 Å². The van der Waals surface area contributed by atoms with Gasteiger partial charge in [-0.1, -0.05) is 30.3 Å². The Hall–Kier alpha value is -3.75. The number of nitrogens with zero attached hydrogens (tertiary/aromatic N) is 2. The first-order valence-corrected chi connectivity index (χ1v) is 11.0. The lowest BCUT2D eigenvalue weighted by Crippen LogP contribution is -2.54. The Kier molecular flexibility index (Phi) is 6.97. The van der Waals surface area contributed by atoms with E-state index in [0.29, 0.717) is 50.5 Å². The Balaban J connectivity index is 1.17. The van der Waals surface area contributed by atoms with E-state index >= 15 is 0 Å². The number of ether oxygens (including phenoxy) is 2. The largest absolute Gasteiger partial charge is 0.490 e. The molecule has 33 heavy (non-hydrogen) atoms. The standard InChI is InChI=1S/C24H27N3O6/c28-22(18-14-27(15-18)24(31)32-16-17-4-2-1-3-5-17)25-19-6-8-20(9-7-19)33-21-10-12-26(13-11-21)23(29)30/h1-9,18,21H,10-16H2,(H,25,28)(H,29,30). The Labute approximate surface area is 191 Å². The summed E-state index contributed by atoms with van der Waals surface area (Å²) in [6, 6.07) is 16.6. The van der Waals surface area contributed by atoms with Crippen LogP contribution in [0.3, 0.4) is 0 Å². The molecular formula is C24H27N3O6. The molecule has 0 aliphatic carbocycles. The minimum atomic E-state index is -0.896. The van der Waals surface area contributed by atoms with E-state index in [-0.39, 0.29) is 24.5 Å². The monoisotopic (exact) mass is 453 g/mol. The number of carbonyl (C=O) groups is 3. The fourth-order valence-corrected chi connectivity index (χ4v) is 3.82. The quantitative estimate of drug-likeness (QED) is 0.694. The van der Waals surface area contributed by atoms with Gasteiger partial charge in [0.25, 0.3) is 0 Å². The Morgan fingerprint density at radius 1 is 0.939 bits per heavy atom. The van der Waals surface area contributed by atoms with Gasteiger partial charge in [0, 0.05) is 44.7 Å². The summed E-state index contributed by atoms with van der Waals surface area (Å²) in [7, 11) is 0. The van der Waals surface area contributed by atoms with Crippen LogP contribution < -0.4 is 10.1 Å². The molecule has 2 aromatic carbocycles. The van der Waals surface area contributed by atoms with E-state index < -0.39 is 12.2 Å². The van der Waals surface area contributed by atoms with Crippen molar-refractivity contribution in [3.63, 3.8) is 0 Å². The number of anilines is 1. The van der Waals surface area contributed by atoms with Gasteiger partial charge in [0.2, 0.25) is 5.91 Å². The van der Waals surface area contributed by atoms with Crippen LogP contribution in [0, 0.1) is 5.92 Å². The molecule has 0 saturated carbocycles. The van der Waals surface area contributed by atoms with Crippen LogP contribution in [-0.4, -0.2) is 65.3 Å². The van der Waals surface area contributed by atoms with E-state index in [0.717, 1.165) is 5.56 Å². The average molecular weight is 453 g/mol. The van der Waals surface area contributed by atoms with Crippen molar-refractivity contribution in [2.75, 3.05) is 31.5 Å². The van der Waals surface area contributed by atoms with E-state index in [9.17, 15) is 14.4 Å². The highest BCUT2D eigenvalue weighted by Crippen LogP contribution is 2.23. The SMILES string of the molecule is O=C(Nc1ccc(OC2CCN(C(=O)O)CC2)cc1)C1CN(C(=O)OCc2ccccc2)C1. The third-order valence-electron chi connectivity index (χ3n) is 5.85. The molecule has 2 aliphatic rings. The van der Waals surface area contributed by atoms with Crippen molar-refractivity contribution in [2.24, 2.45) is 5.92 Å². The van der Waals surface area contributed by atoms with Crippen LogP contribution in [0.1, 0.15) is 18.4 Å². The maximum atomic E-state index is 12.5. The molecule has 2 heterocycles.